The molecular formula is C21H23N3O3S. The maximum Gasteiger partial charge on any atom is 0.262 e. The Kier molecular flexibility index (Phi) is 5.43. The summed E-state index contributed by atoms with van der Waals surface area (Å²) in [7, 11) is -3.86. The highest BCUT2D eigenvalue weighted by Crippen LogP contribution is 2.29. The van der Waals surface area contributed by atoms with E-state index in [4.69, 9.17) is 0 Å². The number of nitrogens with zero attached hydrogens (tertiary/aromatic N) is 1. The molecule has 0 unspecified atom stereocenters. The summed E-state index contributed by atoms with van der Waals surface area (Å²) in [5, 5.41) is 12.3. The summed E-state index contributed by atoms with van der Waals surface area (Å²) >= 11 is 0. The molecule has 7 heteroatoms. The molecule has 1 saturated carbocycles. The summed E-state index contributed by atoms with van der Waals surface area (Å²) < 4.78 is 28.3. The van der Waals surface area contributed by atoms with Crippen LogP contribution in [0.4, 0.5) is 5.69 Å². The SMILES string of the molecule is Cc1cccc(NS(=O)(=O)c2cc(C(=O)NC3(C#N)CCCC3)ccc2C)c1. The lowest BCUT2D eigenvalue weighted by Crippen LogP contribution is -2.45. The Morgan fingerprint density at radius 2 is 1.82 bits per heavy atom. The Balaban J connectivity index is 1.88. The van der Waals surface area contributed by atoms with Gasteiger partial charge in [-0.15, -0.1) is 0 Å². The van der Waals surface area contributed by atoms with Gasteiger partial charge >= 0.3 is 0 Å². The highest BCUT2D eigenvalue weighted by Gasteiger charge is 2.35. The second-order valence-electron chi connectivity index (χ2n) is 7.31. The standard InChI is InChI=1S/C21H23N3O3S/c1-15-6-5-7-18(12-15)24-28(26,27)19-13-17(9-8-16(19)2)20(25)23-21(14-22)10-3-4-11-21/h5-9,12-13,24H,3-4,10-11H2,1-2H3,(H,23,25). The van der Waals surface area contributed by atoms with Gasteiger partial charge in [0.05, 0.1) is 11.0 Å². The van der Waals surface area contributed by atoms with Crippen molar-refractivity contribution >= 4 is 21.6 Å². The van der Waals surface area contributed by atoms with Crippen LogP contribution in [0.1, 0.15) is 47.2 Å². The van der Waals surface area contributed by atoms with Crippen molar-refractivity contribution < 1.29 is 13.2 Å². The van der Waals surface area contributed by atoms with E-state index in [0.717, 1.165) is 18.4 Å². The number of rotatable bonds is 5. The molecule has 0 atom stereocenters. The molecule has 0 aromatic heterocycles. The zero-order valence-electron chi connectivity index (χ0n) is 16.0. The van der Waals surface area contributed by atoms with Gasteiger partial charge < -0.3 is 5.32 Å². The van der Waals surface area contributed by atoms with Crippen LogP contribution in [-0.2, 0) is 10.0 Å². The number of aryl methyl sites for hydroxylation is 2. The van der Waals surface area contributed by atoms with Gasteiger partial charge in [-0.25, -0.2) is 8.42 Å². The van der Waals surface area contributed by atoms with Crippen molar-refractivity contribution in [2.24, 2.45) is 0 Å². The van der Waals surface area contributed by atoms with E-state index >= 15 is 0 Å². The third-order valence-electron chi connectivity index (χ3n) is 5.03. The summed E-state index contributed by atoms with van der Waals surface area (Å²) in [6.07, 6.45) is 3.01. The molecule has 146 valence electrons. The van der Waals surface area contributed by atoms with Gasteiger partial charge in [-0.2, -0.15) is 5.26 Å². The Bertz CT molecular complexity index is 1050. The lowest BCUT2D eigenvalue weighted by atomic mass is 9.99. The minimum Gasteiger partial charge on any atom is -0.334 e. The van der Waals surface area contributed by atoms with E-state index in [-0.39, 0.29) is 10.5 Å². The highest BCUT2D eigenvalue weighted by molar-refractivity contribution is 7.92. The highest BCUT2D eigenvalue weighted by atomic mass is 32.2. The normalized spacial score (nSPS) is 15.6. The van der Waals surface area contributed by atoms with E-state index in [2.05, 4.69) is 16.1 Å². The van der Waals surface area contributed by atoms with Gasteiger partial charge in [0.25, 0.3) is 15.9 Å². The Hall–Kier alpha value is -2.85. The fourth-order valence-corrected chi connectivity index (χ4v) is 4.80. The Morgan fingerprint density at radius 1 is 1.11 bits per heavy atom. The molecule has 0 radical (unpaired) electrons. The first-order valence-electron chi connectivity index (χ1n) is 9.19. The summed E-state index contributed by atoms with van der Waals surface area (Å²) in [5.41, 5.74) is 1.29. The molecule has 1 aliphatic carbocycles. The van der Waals surface area contributed by atoms with E-state index in [1.165, 1.54) is 6.07 Å². The molecule has 28 heavy (non-hydrogen) atoms. The number of nitriles is 1. The van der Waals surface area contributed by atoms with Gasteiger partial charge in [-0.1, -0.05) is 18.2 Å². The van der Waals surface area contributed by atoms with Crippen LogP contribution in [0.3, 0.4) is 0 Å². The molecular weight excluding hydrogens is 374 g/mol. The van der Waals surface area contributed by atoms with Crippen LogP contribution in [0.15, 0.2) is 47.4 Å². The quantitative estimate of drug-likeness (QED) is 0.804. The zero-order chi connectivity index (χ0) is 20.4. The van der Waals surface area contributed by atoms with Crippen LogP contribution in [0.2, 0.25) is 0 Å². The van der Waals surface area contributed by atoms with Crippen molar-refractivity contribution in [3.8, 4) is 6.07 Å². The summed E-state index contributed by atoms with van der Waals surface area (Å²) in [4.78, 5) is 12.7. The smallest absolute Gasteiger partial charge is 0.262 e. The lowest BCUT2D eigenvalue weighted by molar-refractivity contribution is 0.0920. The second-order valence-corrected chi connectivity index (χ2v) is 8.96. The third-order valence-corrected chi connectivity index (χ3v) is 6.56. The van der Waals surface area contributed by atoms with Crippen molar-refractivity contribution in [1.29, 1.82) is 5.26 Å². The molecule has 1 aliphatic rings. The van der Waals surface area contributed by atoms with Crippen molar-refractivity contribution in [2.45, 2.75) is 50.0 Å². The summed E-state index contributed by atoms with van der Waals surface area (Å²) in [5.74, 6) is -0.435. The summed E-state index contributed by atoms with van der Waals surface area (Å²) in [6, 6.07) is 13.8. The number of benzene rings is 2. The van der Waals surface area contributed by atoms with Gasteiger partial charge in [0, 0.05) is 11.3 Å². The van der Waals surface area contributed by atoms with Crippen LogP contribution >= 0.6 is 0 Å². The van der Waals surface area contributed by atoms with Crippen LogP contribution in [0, 0.1) is 25.2 Å². The zero-order valence-corrected chi connectivity index (χ0v) is 16.8. The van der Waals surface area contributed by atoms with E-state index < -0.39 is 21.5 Å². The van der Waals surface area contributed by atoms with Crippen molar-refractivity contribution in [3.63, 3.8) is 0 Å². The van der Waals surface area contributed by atoms with Gasteiger partial charge in [0.2, 0.25) is 0 Å². The molecule has 0 bridgehead atoms. The number of carbonyl (C=O) groups excluding carboxylic acids is 1. The first-order chi connectivity index (χ1) is 13.2. The largest absolute Gasteiger partial charge is 0.334 e. The van der Waals surface area contributed by atoms with Gasteiger partial charge in [-0.3, -0.25) is 9.52 Å². The minimum absolute atomic E-state index is 0.0408. The van der Waals surface area contributed by atoms with Crippen LogP contribution in [0.25, 0.3) is 0 Å². The summed E-state index contributed by atoms with van der Waals surface area (Å²) in [6.45, 7) is 3.56. The minimum atomic E-state index is -3.86. The maximum atomic E-state index is 12.9. The maximum absolute atomic E-state index is 12.9. The van der Waals surface area contributed by atoms with Crippen molar-refractivity contribution in [3.05, 3.63) is 59.2 Å². The van der Waals surface area contributed by atoms with Crippen molar-refractivity contribution in [2.75, 3.05) is 4.72 Å². The van der Waals surface area contributed by atoms with E-state index in [0.29, 0.717) is 24.1 Å². The Morgan fingerprint density at radius 3 is 2.46 bits per heavy atom. The van der Waals surface area contributed by atoms with Crippen LogP contribution < -0.4 is 10.0 Å². The topological polar surface area (TPSA) is 99.1 Å². The molecule has 0 aliphatic heterocycles. The van der Waals surface area contributed by atoms with E-state index in [9.17, 15) is 18.5 Å². The van der Waals surface area contributed by atoms with Gasteiger partial charge in [0.1, 0.15) is 5.54 Å². The fraction of sp³-hybridized carbons (Fsp3) is 0.333. The second kappa shape index (κ2) is 7.64. The van der Waals surface area contributed by atoms with E-state index in [1.54, 1.807) is 37.3 Å². The van der Waals surface area contributed by atoms with Gasteiger partial charge in [0.15, 0.2) is 0 Å². The number of sulfonamides is 1. The molecule has 0 saturated heterocycles. The molecule has 6 nitrogen and oxygen atoms in total. The molecule has 2 N–H and O–H groups in total. The van der Waals surface area contributed by atoms with Crippen molar-refractivity contribution in [1.82, 2.24) is 5.32 Å². The Labute approximate surface area is 165 Å². The number of hydrogen-bond donors (Lipinski definition) is 2. The molecule has 1 fully saturated rings. The molecule has 1 amide bonds. The average molecular weight is 398 g/mol. The first-order valence-corrected chi connectivity index (χ1v) is 10.7. The number of amides is 1. The molecule has 2 aromatic carbocycles. The number of nitrogens with one attached hydrogen (secondary N) is 2. The van der Waals surface area contributed by atoms with Crippen LogP contribution in [0.5, 0.6) is 0 Å². The molecule has 0 spiro atoms. The average Bonchev–Trinajstić information content (AvgIpc) is 3.10. The fourth-order valence-electron chi connectivity index (χ4n) is 3.48. The first kappa shape index (κ1) is 19.9. The number of hydrogen-bond acceptors (Lipinski definition) is 4. The molecule has 0 heterocycles. The predicted octanol–water partition coefficient (Wildman–Crippen LogP) is 3.67. The lowest BCUT2D eigenvalue weighted by Gasteiger charge is -2.22. The predicted molar refractivity (Wildman–Crippen MR) is 107 cm³/mol. The molecule has 2 aromatic rings. The molecule has 3 rings (SSSR count). The third kappa shape index (κ3) is 4.18. The van der Waals surface area contributed by atoms with E-state index in [1.807, 2.05) is 13.0 Å². The number of anilines is 1. The number of carbonyl (C=O) groups is 1. The van der Waals surface area contributed by atoms with Crippen LogP contribution in [-0.4, -0.2) is 19.9 Å². The van der Waals surface area contributed by atoms with Gasteiger partial charge in [-0.05, 0) is 74.9 Å². The monoisotopic (exact) mass is 397 g/mol.